The number of carbonyl (C=O) groups is 2. The van der Waals surface area contributed by atoms with E-state index in [1.54, 1.807) is 15.9 Å². The SMILES string of the molecule is C[C@@H]1[C@@H]([Si](C)(C)O)[C@H](CC(=O)N2Cc3ccccc3C[C@H]2CO)O[C@@]12C(=O)N(Cc1ccc(-n3[nH]c4ccccc4c3=O)cc1)c1ccccc12. The number of anilines is 1. The van der Waals surface area contributed by atoms with E-state index in [1.807, 2.05) is 111 Å². The van der Waals surface area contributed by atoms with Crippen LogP contribution in [0.25, 0.3) is 16.6 Å². The molecule has 5 atom stereocenters. The van der Waals surface area contributed by atoms with Crippen LogP contribution >= 0.6 is 0 Å². The average Bonchev–Trinajstić information content (AvgIpc) is 3.71. The Morgan fingerprint density at radius 1 is 0.941 bits per heavy atom. The molecule has 0 aliphatic carbocycles. The van der Waals surface area contributed by atoms with Crippen molar-refractivity contribution in [3.63, 3.8) is 0 Å². The number of carbonyl (C=O) groups excluding carboxylic acids is 2. The number of rotatable bonds is 7. The molecule has 5 aromatic rings. The number of H-pyrrole nitrogens is 1. The van der Waals surface area contributed by atoms with Crippen molar-refractivity contribution in [2.75, 3.05) is 11.5 Å². The number of para-hydroxylation sites is 2. The second-order valence-electron chi connectivity index (χ2n) is 14.8. The van der Waals surface area contributed by atoms with Crippen LogP contribution in [0.1, 0.15) is 35.6 Å². The number of nitrogens with zero attached hydrogens (tertiary/aromatic N) is 3. The molecule has 0 saturated carbocycles. The van der Waals surface area contributed by atoms with E-state index in [1.165, 1.54) is 4.68 Å². The van der Waals surface area contributed by atoms with Gasteiger partial charge in [0.1, 0.15) is 0 Å². The molecule has 0 bridgehead atoms. The van der Waals surface area contributed by atoms with Crippen molar-refractivity contribution in [2.45, 2.75) is 69.2 Å². The van der Waals surface area contributed by atoms with Crippen LogP contribution in [0.3, 0.4) is 0 Å². The summed E-state index contributed by atoms with van der Waals surface area (Å²) >= 11 is 0. The lowest BCUT2D eigenvalue weighted by atomic mass is 9.82. The highest BCUT2D eigenvalue weighted by atomic mass is 28.4. The molecule has 3 N–H and O–H groups in total. The molecule has 2 amide bonds. The van der Waals surface area contributed by atoms with E-state index in [0.717, 1.165) is 33.5 Å². The molecule has 11 heteroatoms. The summed E-state index contributed by atoms with van der Waals surface area (Å²) in [6.45, 7) is 6.18. The van der Waals surface area contributed by atoms with Crippen molar-refractivity contribution in [3.05, 3.63) is 130 Å². The molecular weight excluding hydrogens is 661 g/mol. The fourth-order valence-corrected chi connectivity index (χ4v) is 11.4. The van der Waals surface area contributed by atoms with Crippen LogP contribution in [-0.4, -0.2) is 63.5 Å². The Bertz CT molecular complexity index is 2210. The first-order valence-corrected chi connectivity index (χ1v) is 20.6. The maximum atomic E-state index is 14.8. The van der Waals surface area contributed by atoms with Crippen LogP contribution in [0.5, 0.6) is 0 Å². The minimum absolute atomic E-state index is 0.00353. The number of hydrogen-bond donors (Lipinski definition) is 3. The molecule has 1 spiro atoms. The average molecular weight is 703 g/mol. The van der Waals surface area contributed by atoms with E-state index in [2.05, 4.69) is 5.10 Å². The zero-order chi connectivity index (χ0) is 35.7. The topological polar surface area (TPSA) is 128 Å². The van der Waals surface area contributed by atoms with Crippen LogP contribution < -0.4 is 10.5 Å². The Morgan fingerprint density at radius 2 is 1.63 bits per heavy atom. The summed E-state index contributed by atoms with van der Waals surface area (Å²) in [6.07, 6.45) is -0.133. The van der Waals surface area contributed by atoms with Gasteiger partial charge in [-0.3, -0.25) is 19.5 Å². The van der Waals surface area contributed by atoms with Crippen molar-refractivity contribution >= 4 is 36.7 Å². The number of benzene rings is 4. The number of aliphatic hydroxyl groups excluding tert-OH is 1. The van der Waals surface area contributed by atoms with E-state index in [-0.39, 0.29) is 43.0 Å². The van der Waals surface area contributed by atoms with E-state index >= 15 is 0 Å². The summed E-state index contributed by atoms with van der Waals surface area (Å²) in [5.74, 6) is -0.788. The van der Waals surface area contributed by atoms with Gasteiger partial charge in [0.2, 0.25) is 5.91 Å². The molecule has 1 saturated heterocycles. The molecule has 262 valence electrons. The Morgan fingerprint density at radius 3 is 2.35 bits per heavy atom. The molecular formula is C40H42N4O6Si. The number of amides is 2. The monoisotopic (exact) mass is 702 g/mol. The lowest BCUT2D eigenvalue weighted by Crippen LogP contribution is -2.48. The molecule has 51 heavy (non-hydrogen) atoms. The number of fused-ring (bicyclic) bond motifs is 4. The van der Waals surface area contributed by atoms with Gasteiger partial charge in [0.15, 0.2) is 13.9 Å². The molecule has 8 rings (SSSR count). The number of hydrogen-bond acceptors (Lipinski definition) is 6. The number of aromatic nitrogens is 2. The minimum atomic E-state index is -2.99. The van der Waals surface area contributed by atoms with Crippen LogP contribution in [0.4, 0.5) is 5.69 Å². The summed E-state index contributed by atoms with van der Waals surface area (Å²) < 4.78 is 8.43. The standard InChI is InChI=1S/C40H42N4O6Si/c1-25-37(51(2,3)49)35(21-36(46)42-23-28-11-5-4-10-27(28)20-30(42)24-45)50-40(25)32-13-7-9-15-34(32)43(39(40)48)22-26-16-18-29(19-17-26)44-38(47)31-12-6-8-14-33(31)41-44/h4-19,25,30,35,37,41,45,49H,20-24H2,1-3H3/t25-,30+,35+,37-,40+/m1/s1. The Labute approximate surface area is 297 Å². The third-order valence-electron chi connectivity index (χ3n) is 11.3. The van der Waals surface area contributed by atoms with Crippen molar-refractivity contribution in [1.82, 2.24) is 14.7 Å². The molecule has 4 aromatic carbocycles. The van der Waals surface area contributed by atoms with Gasteiger partial charge in [-0.2, -0.15) is 0 Å². The first-order valence-electron chi connectivity index (χ1n) is 17.6. The number of aromatic amines is 1. The first kappa shape index (κ1) is 33.3. The van der Waals surface area contributed by atoms with E-state index in [4.69, 9.17) is 4.74 Å². The summed E-state index contributed by atoms with van der Waals surface area (Å²) in [6, 6.07) is 30.2. The molecule has 1 aromatic heterocycles. The Hall–Kier alpha value is -4.81. The van der Waals surface area contributed by atoms with Crippen LogP contribution in [-0.2, 0) is 39.4 Å². The third kappa shape index (κ3) is 5.38. The highest BCUT2D eigenvalue weighted by Crippen LogP contribution is 2.59. The van der Waals surface area contributed by atoms with Gasteiger partial charge < -0.3 is 24.4 Å². The highest BCUT2D eigenvalue weighted by molar-refractivity contribution is 6.71. The number of aliphatic hydroxyl groups is 1. The maximum Gasteiger partial charge on any atom is 0.279 e. The van der Waals surface area contributed by atoms with E-state index in [0.29, 0.717) is 24.0 Å². The minimum Gasteiger partial charge on any atom is -0.432 e. The first-order chi connectivity index (χ1) is 24.5. The van der Waals surface area contributed by atoms with Gasteiger partial charge in [0, 0.05) is 23.6 Å². The fraction of sp³-hybridized carbons (Fsp3) is 0.325. The van der Waals surface area contributed by atoms with E-state index < -0.39 is 31.5 Å². The maximum absolute atomic E-state index is 14.8. The van der Waals surface area contributed by atoms with Crippen molar-refractivity contribution < 1.29 is 24.2 Å². The van der Waals surface area contributed by atoms with Crippen molar-refractivity contribution in [2.24, 2.45) is 5.92 Å². The smallest absolute Gasteiger partial charge is 0.279 e. The summed E-state index contributed by atoms with van der Waals surface area (Å²) in [5, 5.41) is 14.0. The Balaban J connectivity index is 1.09. The quantitative estimate of drug-likeness (QED) is 0.205. The van der Waals surface area contributed by atoms with Gasteiger partial charge in [-0.15, -0.1) is 0 Å². The van der Waals surface area contributed by atoms with Gasteiger partial charge in [-0.1, -0.05) is 73.7 Å². The molecule has 1 fully saturated rings. The highest BCUT2D eigenvalue weighted by Gasteiger charge is 2.66. The van der Waals surface area contributed by atoms with Gasteiger partial charge in [0.25, 0.3) is 11.5 Å². The van der Waals surface area contributed by atoms with Gasteiger partial charge in [-0.05, 0) is 66.5 Å². The van der Waals surface area contributed by atoms with Gasteiger partial charge in [-0.25, -0.2) is 4.68 Å². The third-order valence-corrected chi connectivity index (χ3v) is 13.8. The molecule has 3 aliphatic rings. The molecule has 0 unspecified atom stereocenters. The molecule has 10 nitrogen and oxygen atoms in total. The second kappa shape index (κ2) is 12.4. The largest absolute Gasteiger partial charge is 0.432 e. The normalized spacial score (nSPS) is 24.4. The Kier molecular flexibility index (Phi) is 8.14. The zero-order valence-electron chi connectivity index (χ0n) is 29.0. The van der Waals surface area contributed by atoms with Crippen LogP contribution in [0.2, 0.25) is 18.6 Å². The lowest BCUT2D eigenvalue weighted by Gasteiger charge is -2.37. The number of ether oxygens (including phenoxy) is 1. The lowest BCUT2D eigenvalue weighted by molar-refractivity contribution is -0.151. The van der Waals surface area contributed by atoms with Crippen molar-refractivity contribution in [1.29, 1.82) is 0 Å². The van der Waals surface area contributed by atoms with Gasteiger partial charge in [0.05, 0.1) is 54.0 Å². The molecule has 3 aliphatic heterocycles. The van der Waals surface area contributed by atoms with Crippen LogP contribution in [0.15, 0.2) is 102 Å². The van der Waals surface area contributed by atoms with Crippen LogP contribution in [0, 0.1) is 5.92 Å². The molecule has 4 heterocycles. The summed E-state index contributed by atoms with van der Waals surface area (Å²) in [7, 11) is -2.99. The predicted octanol–water partition coefficient (Wildman–Crippen LogP) is 5.00. The predicted molar refractivity (Wildman–Crippen MR) is 197 cm³/mol. The fourth-order valence-electron chi connectivity index (χ4n) is 8.89. The summed E-state index contributed by atoms with van der Waals surface area (Å²) in [5.41, 5.74) is 4.05. The number of nitrogens with one attached hydrogen (secondary N) is 1. The zero-order valence-corrected chi connectivity index (χ0v) is 30.0. The van der Waals surface area contributed by atoms with Gasteiger partial charge >= 0.3 is 0 Å². The summed E-state index contributed by atoms with van der Waals surface area (Å²) in [4.78, 5) is 57.1. The van der Waals surface area contributed by atoms with E-state index in [9.17, 15) is 24.3 Å². The second-order valence-corrected chi connectivity index (χ2v) is 18.7. The molecule has 0 radical (unpaired) electrons. The van der Waals surface area contributed by atoms with Crippen molar-refractivity contribution in [3.8, 4) is 5.69 Å².